The van der Waals surface area contributed by atoms with Crippen LogP contribution in [-0.2, 0) is 4.74 Å². The van der Waals surface area contributed by atoms with Gasteiger partial charge in [0.25, 0.3) is 0 Å². The average Bonchev–Trinajstić information content (AvgIpc) is 2.34. The van der Waals surface area contributed by atoms with E-state index in [-0.39, 0.29) is 24.2 Å². The third-order valence-electron chi connectivity index (χ3n) is 3.41. The number of hydrogen-bond donors (Lipinski definition) is 2. The highest BCUT2D eigenvalue weighted by Crippen LogP contribution is 2.25. The summed E-state index contributed by atoms with van der Waals surface area (Å²) in [7, 11) is 0. The third-order valence-corrected chi connectivity index (χ3v) is 3.41. The fourth-order valence-electron chi connectivity index (χ4n) is 2.17. The van der Waals surface area contributed by atoms with Gasteiger partial charge in [0.15, 0.2) is 0 Å². The molecule has 0 aliphatic heterocycles. The van der Waals surface area contributed by atoms with Crippen LogP contribution in [0.15, 0.2) is 0 Å². The molecule has 1 aliphatic carbocycles. The van der Waals surface area contributed by atoms with Crippen molar-refractivity contribution in [1.29, 1.82) is 0 Å². The summed E-state index contributed by atoms with van der Waals surface area (Å²) in [4.78, 5) is 0. The van der Waals surface area contributed by atoms with Gasteiger partial charge >= 0.3 is 6.18 Å². The molecule has 0 aromatic carbocycles. The lowest BCUT2D eigenvalue weighted by molar-refractivity contribution is -0.188. The molecule has 2 unspecified atom stereocenters. The first kappa shape index (κ1) is 16.7. The van der Waals surface area contributed by atoms with E-state index in [4.69, 9.17) is 9.84 Å². The lowest BCUT2D eigenvalue weighted by Crippen LogP contribution is -2.43. The second-order valence-corrected chi connectivity index (χ2v) is 6.11. The van der Waals surface area contributed by atoms with E-state index in [9.17, 15) is 13.2 Å². The van der Waals surface area contributed by atoms with Crippen molar-refractivity contribution in [3.63, 3.8) is 0 Å². The topological polar surface area (TPSA) is 41.5 Å². The summed E-state index contributed by atoms with van der Waals surface area (Å²) in [5, 5.41) is 12.5. The zero-order valence-corrected chi connectivity index (χ0v) is 11.6. The summed E-state index contributed by atoms with van der Waals surface area (Å²) in [5.41, 5.74) is -0.209. The van der Waals surface area contributed by atoms with Gasteiger partial charge in [-0.15, -0.1) is 0 Å². The molecule has 1 rings (SSSR count). The molecule has 0 spiro atoms. The Morgan fingerprint density at radius 2 is 1.95 bits per heavy atom. The van der Waals surface area contributed by atoms with E-state index in [1.807, 2.05) is 13.8 Å². The number of alkyl halides is 3. The number of halogens is 3. The fourth-order valence-corrected chi connectivity index (χ4v) is 2.17. The molecule has 1 saturated carbocycles. The van der Waals surface area contributed by atoms with E-state index in [0.717, 1.165) is 12.8 Å². The van der Waals surface area contributed by atoms with E-state index in [1.165, 1.54) is 0 Å². The van der Waals surface area contributed by atoms with Crippen LogP contribution in [0.5, 0.6) is 0 Å². The molecule has 0 saturated heterocycles. The van der Waals surface area contributed by atoms with Crippen molar-refractivity contribution in [2.75, 3.05) is 19.8 Å². The Labute approximate surface area is 112 Å². The zero-order valence-electron chi connectivity index (χ0n) is 11.6. The van der Waals surface area contributed by atoms with Crippen LogP contribution < -0.4 is 5.32 Å². The number of rotatable bonds is 6. The van der Waals surface area contributed by atoms with Gasteiger partial charge in [0, 0.05) is 24.6 Å². The van der Waals surface area contributed by atoms with Crippen LogP contribution in [0.3, 0.4) is 0 Å². The molecule has 2 N–H and O–H groups in total. The zero-order chi connectivity index (χ0) is 14.5. The average molecular weight is 283 g/mol. The minimum Gasteiger partial charge on any atom is -0.396 e. The van der Waals surface area contributed by atoms with E-state index in [1.54, 1.807) is 0 Å². The lowest BCUT2D eigenvalue weighted by atomic mass is 9.90. The molecule has 3 nitrogen and oxygen atoms in total. The first-order valence-electron chi connectivity index (χ1n) is 6.74. The van der Waals surface area contributed by atoms with E-state index < -0.39 is 12.8 Å². The van der Waals surface area contributed by atoms with E-state index in [2.05, 4.69) is 5.32 Å². The summed E-state index contributed by atoms with van der Waals surface area (Å²) >= 11 is 0. The van der Waals surface area contributed by atoms with Crippen LogP contribution in [0.25, 0.3) is 0 Å². The monoisotopic (exact) mass is 283 g/mol. The van der Waals surface area contributed by atoms with Crippen LogP contribution in [0.1, 0.15) is 39.5 Å². The van der Waals surface area contributed by atoms with Crippen molar-refractivity contribution >= 4 is 0 Å². The summed E-state index contributed by atoms with van der Waals surface area (Å²) in [5.74, 6) is 0. The Morgan fingerprint density at radius 3 is 2.53 bits per heavy atom. The Bertz CT molecular complexity index is 269. The molecule has 0 radical (unpaired) electrons. The largest absolute Gasteiger partial charge is 0.411 e. The molecule has 1 fully saturated rings. The summed E-state index contributed by atoms with van der Waals surface area (Å²) in [6.45, 7) is 3.47. The van der Waals surface area contributed by atoms with Crippen LogP contribution in [-0.4, -0.2) is 43.2 Å². The highest BCUT2D eigenvalue weighted by Gasteiger charge is 2.31. The number of aliphatic hydroxyl groups is 1. The van der Waals surface area contributed by atoms with E-state index >= 15 is 0 Å². The predicted octanol–water partition coefficient (Wildman–Crippen LogP) is 2.48. The second kappa shape index (κ2) is 6.90. The summed E-state index contributed by atoms with van der Waals surface area (Å²) in [6.07, 6.45) is -1.44. The van der Waals surface area contributed by atoms with Crippen molar-refractivity contribution in [1.82, 2.24) is 5.32 Å². The maximum atomic E-state index is 12.1. The Morgan fingerprint density at radius 1 is 1.26 bits per heavy atom. The van der Waals surface area contributed by atoms with Gasteiger partial charge in [0.05, 0.1) is 6.10 Å². The molecule has 0 aromatic heterocycles. The summed E-state index contributed by atoms with van der Waals surface area (Å²) < 4.78 is 41.2. The van der Waals surface area contributed by atoms with Crippen molar-refractivity contribution in [2.24, 2.45) is 5.41 Å². The molecule has 0 amide bonds. The quantitative estimate of drug-likeness (QED) is 0.787. The number of aliphatic hydroxyl groups excluding tert-OH is 1. The normalized spacial score (nSPS) is 25.6. The van der Waals surface area contributed by atoms with E-state index in [0.29, 0.717) is 19.4 Å². The van der Waals surface area contributed by atoms with Gasteiger partial charge in [-0.25, -0.2) is 0 Å². The summed E-state index contributed by atoms with van der Waals surface area (Å²) in [6, 6.07) is 0.179. The molecule has 1 aliphatic rings. The predicted molar refractivity (Wildman–Crippen MR) is 66.9 cm³/mol. The lowest BCUT2D eigenvalue weighted by Gasteiger charge is -2.32. The van der Waals surface area contributed by atoms with Gasteiger partial charge < -0.3 is 15.2 Å². The minimum atomic E-state index is -4.25. The molecule has 0 aromatic rings. The van der Waals surface area contributed by atoms with Crippen LogP contribution in [0.4, 0.5) is 13.2 Å². The van der Waals surface area contributed by atoms with Crippen molar-refractivity contribution in [2.45, 2.75) is 57.9 Å². The highest BCUT2D eigenvalue weighted by molar-refractivity contribution is 4.81. The molecule has 0 bridgehead atoms. The first-order chi connectivity index (χ1) is 8.72. The first-order valence-corrected chi connectivity index (χ1v) is 6.74. The van der Waals surface area contributed by atoms with Gasteiger partial charge in [-0.05, 0) is 25.7 Å². The van der Waals surface area contributed by atoms with Crippen molar-refractivity contribution < 1.29 is 23.0 Å². The van der Waals surface area contributed by atoms with Crippen LogP contribution in [0.2, 0.25) is 0 Å². The second-order valence-electron chi connectivity index (χ2n) is 6.11. The molecule has 2 atom stereocenters. The van der Waals surface area contributed by atoms with Gasteiger partial charge in [-0.1, -0.05) is 13.8 Å². The molecule has 114 valence electrons. The molecule has 6 heteroatoms. The minimum absolute atomic E-state index is 0.0840. The maximum absolute atomic E-state index is 12.1. The van der Waals surface area contributed by atoms with Crippen molar-refractivity contribution in [3.8, 4) is 0 Å². The number of nitrogens with one attached hydrogen (secondary N) is 1. The SMILES string of the molecule is CC(C)(CO)CNC1CCCC(OCC(F)(F)F)C1. The third kappa shape index (κ3) is 7.13. The molecular weight excluding hydrogens is 259 g/mol. The Balaban J connectivity index is 2.30. The Kier molecular flexibility index (Phi) is 6.08. The van der Waals surface area contributed by atoms with Crippen molar-refractivity contribution in [3.05, 3.63) is 0 Å². The molecule has 19 heavy (non-hydrogen) atoms. The van der Waals surface area contributed by atoms with Gasteiger partial charge in [-0.2, -0.15) is 13.2 Å². The van der Waals surface area contributed by atoms with Crippen LogP contribution in [0, 0.1) is 5.41 Å². The maximum Gasteiger partial charge on any atom is 0.411 e. The number of ether oxygens (including phenoxy) is 1. The standard InChI is InChI=1S/C13H24F3NO2/c1-12(2,8-18)7-17-10-4-3-5-11(6-10)19-9-13(14,15)16/h10-11,17-18H,3-9H2,1-2H3. The highest BCUT2D eigenvalue weighted by atomic mass is 19.4. The fraction of sp³-hybridized carbons (Fsp3) is 1.00. The van der Waals surface area contributed by atoms with Gasteiger partial charge in [0.1, 0.15) is 6.61 Å². The molecule has 0 heterocycles. The smallest absolute Gasteiger partial charge is 0.396 e. The van der Waals surface area contributed by atoms with Gasteiger partial charge in [-0.3, -0.25) is 0 Å². The Hall–Kier alpha value is -0.330. The number of hydrogen-bond acceptors (Lipinski definition) is 3. The molecular formula is C13H24F3NO2. The van der Waals surface area contributed by atoms with Gasteiger partial charge in [0.2, 0.25) is 0 Å². The van der Waals surface area contributed by atoms with Crippen LogP contribution >= 0.6 is 0 Å².